The third kappa shape index (κ3) is 2.45. The van der Waals surface area contributed by atoms with E-state index in [0.29, 0.717) is 12.4 Å². The Morgan fingerprint density at radius 2 is 2.15 bits per heavy atom. The van der Waals surface area contributed by atoms with Crippen molar-refractivity contribution in [1.82, 2.24) is 0 Å². The minimum Gasteiger partial charge on any atom is -0.496 e. The van der Waals surface area contributed by atoms with Crippen LogP contribution >= 0.6 is 15.9 Å². The van der Waals surface area contributed by atoms with E-state index in [2.05, 4.69) is 21.2 Å². The lowest BCUT2D eigenvalue weighted by Gasteiger charge is -2.28. The highest BCUT2D eigenvalue weighted by Gasteiger charge is 2.23. The van der Waals surface area contributed by atoms with Crippen LogP contribution in [0.15, 0.2) is 40.9 Å². The third-order valence-electron chi connectivity index (χ3n) is 3.24. The number of anilines is 1. The lowest BCUT2D eigenvalue weighted by Crippen LogP contribution is -2.24. The Bertz CT molecular complexity index is 648. The summed E-state index contributed by atoms with van der Waals surface area (Å²) in [4.78, 5) is 0. The maximum Gasteiger partial charge on any atom is 0.142 e. The van der Waals surface area contributed by atoms with Crippen LogP contribution in [0.2, 0.25) is 0 Å². The van der Waals surface area contributed by atoms with Crippen molar-refractivity contribution in [3.05, 3.63) is 52.3 Å². The Morgan fingerprint density at radius 1 is 1.30 bits per heavy atom. The average molecular weight is 338 g/mol. The van der Waals surface area contributed by atoms with Crippen molar-refractivity contribution in [3.8, 4) is 11.5 Å². The van der Waals surface area contributed by atoms with Crippen LogP contribution in [0, 0.1) is 5.82 Å². The molecule has 3 rings (SSSR count). The van der Waals surface area contributed by atoms with Crippen molar-refractivity contribution in [2.45, 2.75) is 6.04 Å². The first-order chi connectivity index (χ1) is 9.67. The van der Waals surface area contributed by atoms with Gasteiger partial charge in [0, 0.05) is 10.0 Å². The second-order valence-corrected chi connectivity index (χ2v) is 5.45. The van der Waals surface area contributed by atoms with Gasteiger partial charge < -0.3 is 14.8 Å². The highest BCUT2D eigenvalue weighted by atomic mass is 79.9. The SMILES string of the molecule is COc1ccc(F)cc1C1COc2ccc(Br)cc2N1. The van der Waals surface area contributed by atoms with Crippen LogP contribution in [-0.2, 0) is 0 Å². The first kappa shape index (κ1) is 13.2. The van der Waals surface area contributed by atoms with Crippen LogP contribution in [0.25, 0.3) is 0 Å². The van der Waals surface area contributed by atoms with E-state index < -0.39 is 0 Å². The molecular weight excluding hydrogens is 325 g/mol. The summed E-state index contributed by atoms with van der Waals surface area (Å²) in [5.74, 6) is 1.15. The third-order valence-corrected chi connectivity index (χ3v) is 3.74. The molecule has 2 aromatic rings. The van der Waals surface area contributed by atoms with Crippen molar-refractivity contribution >= 4 is 21.6 Å². The van der Waals surface area contributed by atoms with Gasteiger partial charge in [-0.2, -0.15) is 0 Å². The molecule has 0 amide bonds. The second kappa shape index (κ2) is 5.32. The second-order valence-electron chi connectivity index (χ2n) is 4.53. The van der Waals surface area contributed by atoms with Gasteiger partial charge >= 0.3 is 0 Å². The lowest BCUT2D eigenvalue weighted by molar-refractivity contribution is 0.282. The van der Waals surface area contributed by atoms with Crippen molar-refractivity contribution in [2.24, 2.45) is 0 Å². The molecule has 0 saturated heterocycles. The van der Waals surface area contributed by atoms with E-state index in [0.717, 1.165) is 21.5 Å². The van der Waals surface area contributed by atoms with Crippen LogP contribution in [0.1, 0.15) is 11.6 Å². The number of fused-ring (bicyclic) bond motifs is 1. The Kier molecular flexibility index (Phi) is 3.53. The van der Waals surface area contributed by atoms with E-state index in [1.807, 2.05) is 18.2 Å². The first-order valence-corrected chi connectivity index (χ1v) is 6.99. The van der Waals surface area contributed by atoms with Crippen molar-refractivity contribution in [2.75, 3.05) is 19.0 Å². The van der Waals surface area contributed by atoms with Gasteiger partial charge in [-0.15, -0.1) is 0 Å². The summed E-state index contributed by atoms with van der Waals surface area (Å²) < 4.78 is 25.4. The first-order valence-electron chi connectivity index (χ1n) is 6.19. The molecule has 0 bridgehead atoms. The molecule has 1 atom stereocenters. The molecule has 0 fully saturated rings. The lowest BCUT2D eigenvalue weighted by atomic mass is 10.0. The van der Waals surface area contributed by atoms with Gasteiger partial charge in [-0.3, -0.25) is 0 Å². The standard InChI is InChI=1S/C15H13BrFNO2/c1-19-14-5-3-10(17)7-11(14)13-8-20-15-4-2-9(16)6-12(15)18-13/h2-7,13,18H,8H2,1H3. The zero-order valence-corrected chi connectivity index (χ0v) is 12.4. The van der Waals surface area contributed by atoms with E-state index in [-0.39, 0.29) is 11.9 Å². The normalized spacial score (nSPS) is 16.9. The summed E-state index contributed by atoms with van der Waals surface area (Å²) >= 11 is 3.43. The Labute approximate surface area is 124 Å². The number of hydrogen-bond donors (Lipinski definition) is 1. The molecule has 20 heavy (non-hydrogen) atoms. The van der Waals surface area contributed by atoms with Crippen LogP contribution in [0.3, 0.4) is 0 Å². The van der Waals surface area contributed by atoms with E-state index in [4.69, 9.17) is 9.47 Å². The fourth-order valence-corrected chi connectivity index (χ4v) is 2.65. The molecule has 1 unspecified atom stereocenters. The van der Waals surface area contributed by atoms with Gasteiger partial charge in [0.2, 0.25) is 0 Å². The quantitative estimate of drug-likeness (QED) is 0.893. The van der Waals surface area contributed by atoms with Crippen LogP contribution in [-0.4, -0.2) is 13.7 Å². The number of hydrogen-bond acceptors (Lipinski definition) is 3. The molecule has 0 aromatic heterocycles. The van der Waals surface area contributed by atoms with Gasteiger partial charge in [0.15, 0.2) is 0 Å². The average Bonchev–Trinajstić information content (AvgIpc) is 2.46. The molecule has 1 aliphatic heterocycles. The monoisotopic (exact) mass is 337 g/mol. The van der Waals surface area contributed by atoms with Gasteiger partial charge in [0.25, 0.3) is 0 Å². The molecule has 2 aromatic carbocycles. The molecule has 0 saturated carbocycles. The molecule has 3 nitrogen and oxygen atoms in total. The van der Waals surface area contributed by atoms with Crippen molar-refractivity contribution in [1.29, 1.82) is 0 Å². The number of rotatable bonds is 2. The fraction of sp³-hybridized carbons (Fsp3) is 0.200. The molecule has 0 spiro atoms. The predicted molar refractivity (Wildman–Crippen MR) is 79.0 cm³/mol. The van der Waals surface area contributed by atoms with Crippen LogP contribution in [0.4, 0.5) is 10.1 Å². The van der Waals surface area contributed by atoms with Gasteiger partial charge in [-0.1, -0.05) is 15.9 Å². The highest BCUT2D eigenvalue weighted by Crippen LogP contribution is 2.38. The molecule has 0 radical (unpaired) electrons. The minimum atomic E-state index is -0.289. The number of methoxy groups -OCH3 is 1. The summed E-state index contributed by atoms with van der Waals surface area (Å²) in [6, 6.07) is 10.1. The van der Waals surface area contributed by atoms with Crippen molar-refractivity contribution in [3.63, 3.8) is 0 Å². The number of ether oxygens (including phenoxy) is 2. The summed E-state index contributed by atoms with van der Waals surface area (Å²) in [5, 5.41) is 3.35. The Morgan fingerprint density at radius 3 is 2.95 bits per heavy atom. The van der Waals surface area contributed by atoms with Crippen LogP contribution < -0.4 is 14.8 Å². The molecular formula is C15H13BrFNO2. The van der Waals surface area contributed by atoms with E-state index >= 15 is 0 Å². The van der Waals surface area contributed by atoms with Crippen LogP contribution in [0.5, 0.6) is 11.5 Å². The zero-order valence-electron chi connectivity index (χ0n) is 10.8. The van der Waals surface area contributed by atoms with E-state index in [9.17, 15) is 4.39 Å². The fourth-order valence-electron chi connectivity index (χ4n) is 2.29. The Hall–Kier alpha value is -1.75. The number of benzene rings is 2. The maximum atomic E-state index is 13.5. The van der Waals surface area contributed by atoms with E-state index in [1.54, 1.807) is 13.2 Å². The summed E-state index contributed by atoms with van der Waals surface area (Å²) in [5.41, 5.74) is 1.63. The molecule has 5 heteroatoms. The number of halogens is 2. The van der Waals surface area contributed by atoms with Gasteiger partial charge in [-0.05, 0) is 36.4 Å². The predicted octanol–water partition coefficient (Wildman–Crippen LogP) is 4.14. The molecule has 1 heterocycles. The maximum absolute atomic E-state index is 13.5. The van der Waals surface area contributed by atoms with Crippen molar-refractivity contribution < 1.29 is 13.9 Å². The molecule has 1 N–H and O–H groups in total. The summed E-state index contributed by atoms with van der Waals surface area (Å²) in [6.45, 7) is 0.425. The van der Waals surface area contributed by atoms with Gasteiger partial charge in [0.1, 0.15) is 23.9 Å². The largest absolute Gasteiger partial charge is 0.496 e. The topological polar surface area (TPSA) is 30.5 Å². The number of nitrogens with one attached hydrogen (secondary N) is 1. The highest BCUT2D eigenvalue weighted by molar-refractivity contribution is 9.10. The Balaban J connectivity index is 1.95. The molecule has 1 aliphatic rings. The van der Waals surface area contributed by atoms with E-state index in [1.165, 1.54) is 12.1 Å². The summed E-state index contributed by atoms with van der Waals surface area (Å²) in [6.07, 6.45) is 0. The summed E-state index contributed by atoms with van der Waals surface area (Å²) in [7, 11) is 1.57. The zero-order chi connectivity index (χ0) is 14.1. The minimum absolute atomic E-state index is 0.151. The smallest absolute Gasteiger partial charge is 0.142 e. The van der Waals surface area contributed by atoms with Gasteiger partial charge in [-0.25, -0.2) is 4.39 Å². The molecule has 104 valence electrons. The molecule has 0 aliphatic carbocycles. The van der Waals surface area contributed by atoms with Gasteiger partial charge in [0.05, 0.1) is 18.8 Å².